The molecule has 1 nitrogen and oxygen atoms in total. The molecule has 0 aromatic rings. The second-order valence-corrected chi connectivity index (χ2v) is 3.25. The molecule has 0 aromatic heterocycles. The Balaban J connectivity index is 0. The molecule has 0 aliphatic rings. The molecule has 0 fully saturated rings. The molecular weight excluding hydrogens is 202 g/mol. The molecule has 0 bridgehead atoms. The first kappa shape index (κ1) is 14.0. The molecule has 0 aromatic carbocycles. The van der Waals surface area contributed by atoms with E-state index in [1.54, 1.807) is 0 Å². The Morgan fingerprint density at radius 1 is 1.18 bits per heavy atom. The van der Waals surface area contributed by atoms with Gasteiger partial charge in [0.05, 0.1) is 0 Å². The molecule has 0 aliphatic carbocycles. The van der Waals surface area contributed by atoms with Gasteiger partial charge in [0.1, 0.15) is 0 Å². The summed E-state index contributed by atoms with van der Waals surface area (Å²) in [5, 5.41) is 0. The average molecular weight is 224 g/mol. The van der Waals surface area contributed by atoms with Crippen LogP contribution < -0.4 is 5.73 Å². The molecule has 0 saturated carbocycles. The first-order chi connectivity index (χ1) is 4.60. The van der Waals surface area contributed by atoms with Crippen molar-refractivity contribution < 1.29 is 0 Å². The van der Waals surface area contributed by atoms with Gasteiger partial charge in [0.2, 0.25) is 0 Å². The number of hydrogen-bond acceptors (Lipinski definition) is 1. The molecule has 2 heteroatoms. The lowest BCUT2D eigenvalue weighted by Gasteiger charge is -2.33. The fourth-order valence-electron chi connectivity index (χ4n) is 1.35. The standard InChI is InChI=1S/C9H21N.BrH/c1-5-8(4)9(10,6-2)7-3;/h8H,5-7,10H2,1-4H3;1H. The maximum atomic E-state index is 6.15. The zero-order chi connectivity index (χ0) is 8.20. The molecule has 1 atom stereocenters. The summed E-state index contributed by atoms with van der Waals surface area (Å²) in [7, 11) is 0. The van der Waals surface area contributed by atoms with Crippen molar-refractivity contribution in [3.63, 3.8) is 0 Å². The molecule has 0 spiro atoms. The first-order valence-corrected chi connectivity index (χ1v) is 4.39. The highest BCUT2D eigenvalue weighted by Crippen LogP contribution is 2.24. The van der Waals surface area contributed by atoms with Gasteiger partial charge in [0, 0.05) is 5.54 Å². The summed E-state index contributed by atoms with van der Waals surface area (Å²) in [5.74, 6) is 0.655. The molecule has 1 unspecified atom stereocenters. The van der Waals surface area contributed by atoms with Gasteiger partial charge in [-0.15, -0.1) is 17.0 Å². The fraction of sp³-hybridized carbons (Fsp3) is 1.00. The van der Waals surface area contributed by atoms with E-state index in [-0.39, 0.29) is 22.5 Å². The SMILES string of the molecule is Br.CCC(C)C(N)(CC)CC. The van der Waals surface area contributed by atoms with E-state index in [1.807, 2.05) is 0 Å². The predicted octanol–water partition coefficient (Wildman–Crippen LogP) is 3.13. The minimum atomic E-state index is 0. The monoisotopic (exact) mass is 223 g/mol. The van der Waals surface area contributed by atoms with Crippen molar-refractivity contribution in [3.05, 3.63) is 0 Å². The number of rotatable bonds is 4. The van der Waals surface area contributed by atoms with E-state index in [0.29, 0.717) is 5.92 Å². The number of halogens is 1. The molecule has 0 amide bonds. The lowest BCUT2D eigenvalue weighted by atomic mass is 9.80. The van der Waals surface area contributed by atoms with Crippen LogP contribution in [0.1, 0.15) is 47.0 Å². The Bertz CT molecular complexity index is 89.6. The smallest absolute Gasteiger partial charge is 0.0174 e. The van der Waals surface area contributed by atoms with Gasteiger partial charge >= 0.3 is 0 Å². The minimum absolute atomic E-state index is 0. The summed E-state index contributed by atoms with van der Waals surface area (Å²) in [6, 6.07) is 0. The minimum Gasteiger partial charge on any atom is -0.325 e. The molecule has 70 valence electrons. The zero-order valence-corrected chi connectivity index (χ0v) is 9.90. The van der Waals surface area contributed by atoms with Crippen molar-refractivity contribution in [1.29, 1.82) is 0 Å². The van der Waals surface area contributed by atoms with E-state index in [9.17, 15) is 0 Å². The van der Waals surface area contributed by atoms with Crippen LogP contribution in [0, 0.1) is 5.92 Å². The summed E-state index contributed by atoms with van der Waals surface area (Å²) in [4.78, 5) is 0. The van der Waals surface area contributed by atoms with Crippen molar-refractivity contribution in [3.8, 4) is 0 Å². The molecule has 0 radical (unpaired) electrons. The second-order valence-electron chi connectivity index (χ2n) is 3.25. The predicted molar refractivity (Wildman–Crippen MR) is 57.3 cm³/mol. The van der Waals surface area contributed by atoms with Gasteiger partial charge in [-0.2, -0.15) is 0 Å². The maximum Gasteiger partial charge on any atom is 0.0174 e. The van der Waals surface area contributed by atoms with Gasteiger partial charge in [-0.1, -0.05) is 34.1 Å². The lowest BCUT2D eigenvalue weighted by molar-refractivity contribution is 0.263. The molecule has 11 heavy (non-hydrogen) atoms. The molecule has 2 N–H and O–H groups in total. The van der Waals surface area contributed by atoms with Gasteiger partial charge in [0.15, 0.2) is 0 Å². The highest BCUT2D eigenvalue weighted by molar-refractivity contribution is 8.93. The van der Waals surface area contributed by atoms with Crippen molar-refractivity contribution in [2.75, 3.05) is 0 Å². The summed E-state index contributed by atoms with van der Waals surface area (Å²) >= 11 is 0. The fourth-order valence-corrected chi connectivity index (χ4v) is 1.35. The van der Waals surface area contributed by atoms with E-state index in [0.717, 1.165) is 12.8 Å². The van der Waals surface area contributed by atoms with Crippen LogP contribution in [0.5, 0.6) is 0 Å². The van der Waals surface area contributed by atoms with E-state index in [2.05, 4.69) is 27.7 Å². The Kier molecular flexibility index (Phi) is 7.65. The Morgan fingerprint density at radius 3 is 1.64 bits per heavy atom. The van der Waals surface area contributed by atoms with Crippen LogP contribution in [0.15, 0.2) is 0 Å². The zero-order valence-electron chi connectivity index (χ0n) is 8.18. The van der Waals surface area contributed by atoms with Crippen LogP contribution >= 0.6 is 17.0 Å². The third-order valence-electron chi connectivity index (χ3n) is 2.91. The summed E-state index contributed by atoms with van der Waals surface area (Å²) in [5.41, 5.74) is 6.24. The number of hydrogen-bond donors (Lipinski definition) is 1. The molecular formula is C9H22BrN. The molecule has 0 rings (SSSR count). The maximum absolute atomic E-state index is 6.15. The summed E-state index contributed by atoms with van der Waals surface area (Å²) < 4.78 is 0. The van der Waals surface area contributed by atoms with Gasteiger partial charge < -0.3 is 5.73 Å². The quantitative estimate of drug-likeness (QED) is 0.780. The topological polar surface area (TPSA) is 26.0 Å². The van der Waals surface area contributed by atoms with Crippen LogP contribution in [0.25, 0.3) is 0 Å². The van der Waals surface area contributed by atoms with Crippen LogP contribution in [0.2, 0.25) is 0 Å². The summed E-state index contributed by atoms with van der Waals surface area (Å²) in [6.45, 7) is 8.80. The van der Waals surface area contributed by atoms with Gasteiger partial charge in [0.25, 0.3) is 0 Å². The van der Waals surface area contributed by atoms with E-state index in [1.165, 1.54) is 6.42 Å². The normalized spacial score (nSPS) is 13.9. The second kappa shape index (κ2) is 6.01. The van der Waals surface area contributed by atoms with Gasteiger partial charge in [-0.25, -0.2) is 0 Å². The van der Waals surface area contributed by atoms with Gasteiger partial charge in [-0.3, -0.25) is 0 Å². The Labute approximate surface area is 81.5 Å². The molecule has 0 aliphatic heterocycles. The number of nitrogens with two attached hydrogens (primary N) is 1. The third-order valence-corrected chi connectivity index (χ3v) is 2.91. The van der Waals surface area contributed by atoms with Gasteiger partial charge in [-0.05, 0) is 18.8 Å². The van der Waals surface area contributed by atoms with Crippen molar-refractivity contribution >= 4 is 17.0 Å². The van der Waals surface area contributed by atoms with Crippen molar-refractivity contribution in [1.82, 2.24) is 0 Å². The average Bonchev–Trinajstić information content (AvgIpc) is 2.01. The van der Waals surface area contributed by atoms with E-state index >= 15 is 0 Å². The highest BCUT2D eigenvalue weighted by atomic mass is 79.9. The van der Waals surface area contributed by atoms with Crippen LogP contribution in [0.3, 0.4) is 0 Å². The third kappa shape index (κ3) is 3.57. The molecule has 0 saturated heterocycles. The highest BCUT2D eigenvalue weighted by Gasteiger charge is 2.25. The van der Waals surface area contributed by atoms with Crippen molar-refractivity contribution in [2.24, 2.45) is 11.7 Å². The molecule has 0 heterocycles. The van der Waals surface area contributed by atoms with Crippen LogP contribution in [-0.2, 0) is 0 Å². The van der Waals surface area contributed by atoms with Crippen LogP contribution in [-0.4, -0.2) is 5.54 Å². The summed E-state index contributed by atoms with van der Waals surface area (Å²) in [6.07, 6.45) is 3.38. The Hall–Kier alpha value is 0.440. The first-order valence-electron chi connectivity index (χ1n) is 4.39. The van der Waals surface area contributed by atoms with Crippen LogP contribution in [0.4, 0.5) is 0 Å². The van der Waals surface area contributed by atoms with Crippen molar-refractivity contribution in [2.45, 2.75) is 52.5 Å². The Morgan fingerprint density at radius 2 is 1.55 bits per heavy atom. The lowest BCUT2D eigenvalue weighted by Crippen LogP contribution is -2.44. The van der Waals surface area contributed by atoms with E-state index < -0.39 is 0 Å². The largest absolute Gasteiger partial charge is 0.325 e. The van der Waals surface area contributed by atoms with E-state index in [4.69, 9.17) is 5.73 Å².